The van der Waals surface area contributed by atoms with Gasteiger partial charge in [0.15, 0.2) is 11.0 Å². The highest BCUT2D eigenvalue weighted by Gasteiger charge is 2.13. The van der Waals surface area contributed by atoms with Crippen molar-refractivity contribution < 1.29 is 14.3 Å². The van der Waals surface area contributed by atoms with E-state index in [2.05, 4.69) is 10.2 Å². The fourth-order valence-corrected chi connectivity index (χ4v) is 2.20. The molecule has 1 N–H and O–H groups in total. The third kappa shape index (κ3) is 3.05. The van der Waals surface area contributed by atoms with Gasteiger partial charge in [0, 0.05) is 12.6 Å². The van der Waals surface area contributed by atoms with Gasteiger partial charge in [-0.15, -0.1) is 10.2 Å². The van der Waals surface area contributed by atoms with Crippen molar-refractivity contribution in [3.63, 3.8) is 0 Å². The zero-order valence-corrected chi connectivity index (χ0v) is 11.4. The Labute approximate surface area is 117 Å². The molecule has 0 fully saturated rings. The number of thioether (sulfide) groups is 1. The van der Waals surface area contributed by atoms with Crippen LogP contribution >= 0.6 is 23.4 Å². The predicted molar refractivity (Wildman–Crippen MR) is 69.8 cm³/mol. The second kappa shape index (κ2) is 5.58. The molecule has 1 aromatic heterocycles. The highest BCUT2D eigenvalue weighted by atomic mass is 35.5. The molecule has 0 spiro atoms. The summed E-state index contributed by atoms with van der Waals surface area (Å²) < 4.78 is 15.0. The minimum Gasteiger partial charge on any atom is -0.481 e. The van der Waals surface area contributed by atoms with Crippen LogP contribution in [0, 0.1) is 5.82 Å². The number of halogens is 2. The molecule has 8 heteroatoms. The molecule has 1 aromatic carbocycles. The maximum absolute atomic E-state index is 13.4. The van der Waals surface area contributed by atoms with E-state index in [0.717, 1.165) is 11.8 Å². The van der Waals surface area contributed by atoms with Crippen molar-refractivity contribution in [3.05, 3.63) is 29.0 Å². The van der Waals surface area contributed by atoms with E-state index in [9.17, 15) is 9.18 Å². The van der Waals surface area contributed by atoms with Crippen molar-refractivity contribution in [1.82, 2.24) is 14.8 Å². The molecule has 0 radical (unpaired) electrons. The van der Waals surface area contributed by atoms with Crippen molar-refractivity contribution in [1.29, 1.82) is 0 Å². The summed E-state index contributed by atoms with van der Waals surface area (Å²) in [7, 11) is 1.69. The van der Waals surface area contributed by atoms with Gasteiger partial charge in [-0.1, -0.05) is 23.4 Å². The molecule has 2 rings (SSSR count). The molecule has 0 atom stereocenters. The van der Waals surface area contributed by atoms with Crippen LogP contribution in [0.2, 0.25) is 5.02 Å². The lowest BCUT2D eigenvalue weighted by Crippen LogP contribution is -2.01. The summed E-state index contributed by atoms with van der Waals surface area (Å²) in [6.45, 7) is 0. The van der Waals surface area contributed by atoms with E-state index >= 15 is 0 Å². The average Bonchev–Trinajstić information content (AvgIpc) is 2.72. The highest BCUT2D eigenvalue weighted by molar-refractivity contribution is 7.99. The molecule has 5 nitrogen and oxygen atoms in total. The summed E-state index contributed by atoms with van der Waals surface area (Å²) in [5, 5.41) is 16.9. The number of nitrogens with zero attached hydrogens (tertiary/aromatic N) is 3. The summed E-state index contributed by atoms with van der Waals surface area (Å²) in [5.41, 5.74) is 0.527. The van der Waals surface area contributed by atoms with Gasteiger partial charge >= 0.3 is 5.97 Å². The van der Waals surface area contributed by atoms with Gasteiger partial charge in [-0.3, -0.25) is 4.79 Å². The van der Waals surface area contributed by atoms with Gasteiger partial charge in [-0.2, -0.15) is 0 Å². The molecular weight excluding hydrogens is 293 g/mol. The second-order valence-electron chi connectivity index (χ2n) is 3.68. The van der Waals surface area contributed by atoms with Crippen molar-refractivity contribution in [2.45, 2.75) is 5.16 Å². The van der Waals surface area contributed by atoms with Crippen LogP contribution in [0.4, 0.5) is 4.39 Å². The van der Waals surface area contributed by atoms with Gasteiger partial charge in [0.25, 0.3) is 0 Å². The smallest absolute Gasteiger partial charge is 0.313 e. The van der Waals surface area contributed by atoms with Gasteiger partial charge in [0.05, 0.1) is 10.8 Å². The van der Waals surface area contributed by atoms with Gasteiger partial charge in [0.1, 0.15) is 5.82 Å². The SMILES string of the molecule is Cn1c(SCC(=O)O)nnc1-c1ccc(Cl)c(F)c1. The van der Waals surface area contributed by atoms with E-state index in [1.54, 1.807) is 17.7 Å². The first kappa shape index (κ1) is 13.8. The molecule has 0 saturated heterocycles. The normalized spacial score (nSPS) is 10.7. The number of aliphatic carboxylic acids is 1. The van der Waals surface area contributed by atoms with Crippen molar-refractivity contribution in [3.8, 4) is 11.4 Å². The van der Waals surface area contributed by atoms with Crippen LogP contribution in [0.1, 0.15) is 0 Å². The maximum Gasteiger partial charge on any atom is 0.313 e. The van der Waals surface area contributed by atoms with Crippen LogP contribution in [0.5, 0.6) is 0 Å². The zero-order valence-electron chi connectivity index (χ0n) is 9.80. The van der Waals surface area contributed by atoms with Crippen molar-refractivity contribution in [2.24, 2.45) is 7.05 Å². The number of aromatic nitrogens is 3. The molecule has 0 aliphatic carbocycles. The Morgan fingerprint density at radius 3 is 2.89 bits per heavy atom. The fourth-order valence-electron chi connectivity index (χ4n) is 1.45. The van der Waals surface area contributed by atoms with Gasteiger partial charge in [-0.05, 0) is 18.2 Å². The van der Waals surface area contributed by atoms with Gasteiger partial charge in [0.2, 0.25) is 0 Å². The highest BCUT2D eigenvalue weighted by Crippen LogP contribution is 2.25. The number of carboxylic acid groups (broad SMARTS) is 1. The predicted octanol–water partition coefficient (Wildman–Crippen LogP) is 2.45. The third-order valence-electron chi connectivity index (χ3n) is 2.34. The van der Waals surface area contributed by atoms with E-state index < -0.39 is 11.8 Å². The molecule has 0 unspecified atom stereocenters. The van der Waals surface area contributed by atoms with E-state index in [-0.39, 0.29) is 10.8 Å². The first-order chi connectivity index (χ1) is 8.99. The molecule has 2 aromatic rings. The van der Waals surface area contributed by atoms with E-state index in [1.807, 2.05) is 0 Å². The Morgan fingerprint density at radius 1 is 1.53 bits per heavy atom. The van der Waals surface area contributed by atoms with Crippen LogP contribution in [-0.4, -0.2) is 31.6 Å². The number of carbonyl (C=O) groups is 1. The lowest BCUT2D eigenvalue weighted by atomic mass is 10.2. The molecule has 19 heavy (non-hydrogen) atoms. The quantitative estimate of drug-likeness (QED) is 0.879. The standard InChI is InChI=1S/C11H9ClFN3O2S/c1-16-10(6-2-3-7(12)8(13)4-6)14-15-11(16)19-5-9(17)18/h2-4H,5H2,1H3,(H,17,18). The molecule has 0 aliphatic heterocycles. The fraction of sp³-hybridized carbons (Fsp3) is 0.182. The number of rotatable bonds is 4. The van der Waals surface area contributed by atoms with Crippen LogP contribution in [0.3, 0.4) is 0 Å². The van der Waals surface area contributed by atoms with Crippen molar-refractivity contribution >= 4 is 29.3 Å². The number of hydrogen-bond donors (Lipinski definition) is 1. The van der Waals surface area contributed by atoms with E-state index in [4.69, 9.17) is 16.7 Å². The third-order valence-corrected chi connectivity index (χ3v) is 3.65. The number of hydrogen-bond acceptors (Lipinski definition) is 4. The summed E-state index contributed by atoms with van der Waals surface area (Å²) >= 11 is 6.66. The zero-order chi connectivity index (χ0) is 14.0. The molecule has 100 valence electrons. The topological polar surface area (TPSA) is 68.0 Å². The Hall–Kier alpha value is -1.60. The van der Waals surface area contributed by atoms with Crippen LogP contribution in [0.15, 0.2) is 23.4 Å². The second-order valence-corrected chi connectivity index (χ2v) is 5.03. The summed E-state index contributed by atoms with van der Waals surface area (Å²) in [4.78, 5) is 10.5. The first-order valence-electron chi connectivity index (χ1n) is 5.18. The van der Waals surface area contributed by atoms with Crippen molar-refractivity contribution in [2.75, 3.05) is 5.75 Å². The molecule has 0 aliphatic rings. The monoisotopic (exact) mass is 301 g/mol. The largest absolute Gasteiger partial charge is 0.481 e. The summed E-state index contributed by atoms with van der Waals surface area (Å²) in [6, 6.07) is 4.32. The van der Waals surface area contributed by atoms with E-state index in [0.29, 0.717) is 16.5 Å². The Bertz CT molecular complexity index is 632. The Morgan fingerprint density at radius 2 is 2.26 bits per heavy atom. The van der Waals surface area contributed by atoms with Crippen LogP contribution in [0.25, 0.3) is 11.4 Å². The maximum atomic E-state index is 13.4. The number of carboxylic acids is 1. The number of benzene rings is 1. The summed E-state index contributed by atoms with van der Waals surface area (Å²) in [6.07, 6.45) is 0. The Balaban J connectivity index is 2.30. The lowest BCUT2D eigenvalue weighted by Gasteiger charge is -2.03. The minimum atomic E-state index is -0.938. The average molecular weight is 302 g/mol. The molecule has 0 bridgehead atoms. The molecular formula is C11H9ClFN3O2S. The van der Waals surface area contributed by atoms with E-state index in [1.165, 1.54) is 12.1 Å². The Kier molecular flexibility index (Phi) is 4.06. The van der Waals surface area contributed by atoms with Gasteiger partial charge < -0.3 is 9.67 Å². The van der Waals surface area contributed by atoms with Gasteiger partial charge in [-0.25, -0.2) is 4.39 Å². The minimum absolute atomic E-state index is 0.0337. The van der Waals surface area contributed by atoms with Crippen LogP contribution in [-0.2, 0) is 11.8 Å². The molecule has 0 amide bonds. The molecule has 0 saturated carbocycles. The van der Waals surface area contributed by atoms with Crippen LogP contribution < -0.4 is 0 Å². The summed E-state index contributed by atoms with van der Waals surface area (Å²) in [5.74, 6) is -1.14. The first-order valence-corrected chi connectivity index (χ1v) is 6.55. The lowest BCUT2D eigenvalue weighted by molar-refractivity contribution is -0.133. The molecule has 1 heterocycles.